The zero-order chi connectivity index (χ0) is 20.4. The van der Waals surface area contributed by atoms with Gasteiger partial charge in [0, 0.05) is 22.1 Å². The second kappa shape index (κ2) is 7.78. The lowest BCUT2D eigenvalue weighted by Gasteiger charge is -2.15. The molecule has 144 valence electrons. The SMILES string of the molecule is Nc1ccc(/C=C/c2cccc(Nc3c(Cl)c(O)c4ccccc4c3O)c2)cc1. The fourth-order valence-corrected chi connectivity index (χ4v) is 3.39. The van der Waals surface area contributed by atoms with Crippen LogP contribution < -0.4 is 11.1 Å². The van der Waals surface area contributed by atoms with Crippen LogP contribution in [0.15, 0.2) is 72.8 Å². The largest absolute Gasteiger partial charge is 0.506 e. The molecule has 0 radical (unpaired) electrons. The molecule has 0 saturated heterocycles. The number of nitrogens with two attached hydrogens (primary N) is 1. The van der Waals surface area contributed by atoms with E-state index in [0.717, 1.165) is 22.5 Å². The highest BCUT2D eigenvalue weighted by molar-refractivity contribution is 6.37. The Balaban J connectivity index is 1.65. The fraction of sp³-hybridized carbons (Fsp3) is 0. The third-order valence-electron chi connectivity index (χ3n) is 4.66. The van der Waals surface area contributed by atoms with Crippen molar-refractivity contribution in [3.05, 3.63) is 88.9 Å². The number of anilines is 3. The number of phenols is 2. The van der Waals surface area contributed by atoms with Crippen molar-refractivity contribution in [2.75, 3.05) is 11.1 Å². The van der Waals surface area contributed by atoms with Gasteiger partial charge >= 0.3 is 0 Å². The third kappa shape index (κ3) is 3.84. The summed E-state index contributed by atoms with van der Waals surface area (Å²) in [5.41, 5.74) is 9.44. The summed E-state index contributed by atoms with van der Waals surface area (Å²) in [6.07, 6.45) is 3.97. The van der Waals surface area contributed by atoms with Crippen molar-refractivity contribution in [1.82, 2.24) is 0 Å². The lowest BCUT2D eigenvalue weighted by Crippen LogP contribution is -1.94. The summed E-state index contributed by atoms with van der Waals surface area (Å²) >= 11 is 6.32. The van der Waals surface area contributed by atoms with Crippen LogP contribution in [0.5, 0.6) is 11.5 Å². The molecule has 5 N–H and O–H groups in total. The van der Waals surface area contributed by atoms with Gasteiger partial charge in [0.25, 0.3) is 0 Å². The van der Waals surface area contributed by atoms with Crippen LogP contribution in [0.1, 0.15) is 11.1 Å². The van der Waals surface area contributed by atoms with E-state index in [9.17, 15) is 10.2 Å². The number of fused-ring (bicyclic) bond motifs is 1. The van der Waals surface area contributed by atoms with Gasteiger partial charge < -0.3 is 21.3 Å². The molecule has 4 nitrogen and oxygen atoms in total. The summed E-state index contributed by atoms with van der Waals surface area (Å²) in [7, 11) is 0. The van der Waals surface area contributed by atoms with E-state index in [2.05, 4.69) is 5.32 Å². The van der Waals surface area contributed by atoms with Gasteiger partial charge in [0.2, 0.25) is 0 Å². The van der Waals surface area contributed by atoms with Gasteiger partial charge in [-0.3, -0.25) is 0 Å². The molecule has 0 aliphatic carbocycles. The van der Waals surface area contributed by atoms with Gasteiger partial charge in [-0.25, -0.2) is 0 Å². The summed E-state index contributed by atoms with van der Waals surface area (Å²) in [5.74, 6) is -0.0758. The first-order valence-corrected chi connectivity index (χ1v) is 9.43. The Bertz CT molecular complexity index is 1220. The average Bonchev–Trinajstić information content (AvgIpc) is 2.75. The Labute approximate surface area is 173 Å². The molecule has 0 amide bonds. The number of aromatic hydroxyl groups is 2. The van der Waals surface area contributed by atoms with E-state index < -0.39 is 0 Å². The number of phenolic OH excluding ortho intramolecular Hbond substituents is 2. The van der Waals surface area contributed by atoms with Gasteiger partial charge in [0.05, 0.1) is 0 Å². The van der Waals surface area contributed by atoms with E-state index in [1.54, 1.807) is 24.3 Å². The van der Waals surface area contributed by atoms with E-state index in [4.69, 9.17) is 17.3 Å². The second-order valence-electron chi connectivity index (χ2n) is 6.68. The van der Waals surface area contributed by atoms with Crippen LogP contribution in [0.25, 0.3) is 22.9 Å². The Morgan fingerprint density at radius 2 is 1.41 bits per heavy atom. The van der Waals surface area contributed by atoms with Crippen LogP contribution in [-0.2, 0) is 0 Å². The Kier molecular flexibility index (Phi) is 5.02. The number of nitrogens with one attached hydrogen (secondary N) is 1. The zero-order valence-electron chi connectivity index (χ0n) is 15.4. The normalized spacial score (nSPS) is 11.2. The molecule has 0 aromatic heterocycles. The topological polar surface area (TPSA) is 78.5 Å². The van der Waals surface area contributed by atoms with E-state index in [1.807, 2.05) is 60.7 Å². The summed E-state index contributed by atoms with van der Waals surface area (Å²) in [5, 5.41) is 25.3. The standard InChI is InChI=1S/C24H19ClN2O2/c25-21-22(24(29)20-7-2-1-6-19(20)23(21)28)27-18-5-3-4-16(14-18)9-8-15-10-12-17(26)13-11-15/h1-14,27-29H,26H2/b9-8+. The van der Waals surface area contributed by atoms with Crippen molar-refractivity contribution in [2.45, 2.75) is 0 Å². The van der Waals surface area contributed by atoms with Gasteiger partial charge in [-0.2, -0.15) is 0 Å². The summed E-state index contributed by atoms with van der Waals surface area (Å²) in [4.78, 5) is 0. The van der Waals surface area contributed by atoms with Crippen molar-refractivity contribution < 1.29 is 10.2 Å². The molecule has 0 saturated carbocycles. The Morgan fingerprint density at radius 3 is 2.14 bits per heavy atom. The first kappa shape index (κ1) is 18.7. The molecular weight excluding hydrogens is 384 g/mol. The van der Waals surface area contributed by atoms with Crippen LogP contribution in [0.3, 0.4) is 0 Å². The maximum Gasteiger partial charge on any atom is 0.148 e. The molecule has 0 atom stereocenters. The number of hydrogen-bond acceptors (Lipinski definition) is 4. The molecule has 0 heterocycles. The minimum atomic E-state index is -0.0676. The van der Waals surface area contributed by atoms with Gasteiger partial charge in [-0.1, -0.05) is 72.3 Å². The molecule has 29 heavy (non-hydrogen) atoms. The lowest BCUT2D eigenvalue weighted by atomic mass is 10.1. The number of nitrogen functional groups attached to an aromatic ring is 1. The van der Waals surface area contributed by atoms with Crippen molar-refractivity contribution in [1.29, 1.82) is 0 Å². The zero-order valence-corrected chi connectivity index (χ0v) is 16.2. The van der Waals surface area contributed by atoms with Crippen molar-refractivity contribution in [3.8, 4) is 11.5 Å². The highest BCUT2D eigenvalue weighted by atomic mass is 35.5. The fourth-order valence-electron chi connectivity index (χ4n) is 3.15. The van der Waals surface area contributed by atoms with Crippen LogP contribution in [0.4, 0.5) is 17.1 Å². The number of benzene rings is 4. The quantitative estimate of drug-likeness (QED) is 0.138. The predicted octanol–water partition coefficient (Wildman–Crippen LogP) is 6.40. The van der Waals surface area contributed by atoms with Gasteiger partial charge in [-0.05, 0) is 35.4 Å². The highest BCUT2D eigenvalue weighted by Crippen LogP contribution is 2.46. The minimum Gasteiger partial charge on any atom is -0.506 e. The van der Waals surface area contributed by atoms with Gasteiger partial charge in [0.15, 0.2) is 0 Å². The molecule has 4 rings (SSSR count). The van der Waals surface area contributed by atoms with Gasteiger partial charge in [-0.15, -0.1) is 0 Å². The molecule has 0 aliphatic rings. The predicted molar refractivity (Wildman–Crippen MR) is 122 cm³/mol. The third-order valence-corrected chi connectivity index (χ3v) is 5.03. The molecule has 0 bridgehead atoms. The Hall–Kier alpha value is -3.63. The first-order valence-electron chi connectivity index (χ1n) is 9.06. The average molecular weight is 403 g/mol. The maximum absolute atomic E-state index is 10.7. The summed E-state index contributed by atoms with van der Waals surface area (Å²) < 4.78 is 0. The van der Waals surface area contributed by atoms with Crippen molar-refractivity contribution in [2.24, 2.45) is 0 Å². The molecule has 5 heteroatoms. The summed E-state index contributed by atoms with van der Waals surface area (Å²) in [6, 6.07) is 22.3. The number of halogens is 1. The molecule has 0 aliphatic heterocycles. The maximum atomic E-state index is 10.7. The van der Waals surface area contributed by atoms with Crippen LogP contribution >= 0.6 is 11.6 Å². The lowest BCUT2D eigenvalue weighted by molar-refractivity contribution is 0.471. The van der Waals surface area contributed by atoms with E-state index in [-0.39, 0.29) is 22.2 Å². The molecule has 0 unspecified atom stereocenters. The van der Waals surface area contributed by atoms with E-state index in [1.165, 1.54) is 0 Å². The molecular formula is C24H19ClN2O2. The van der Waals surface area contributed by atoms with Crippen molar-refractivity contribution in [3.63, 3.8) is 0 Å². The Morgan fingerprint density at radius 1 is 0.759 bits per heavy atom. The monoisotopic (exact) mass is 402 g/mol. The van der Waals surface area contributed by atoms with E-state index in [0.29, 0.717) is 10.8 Å². The summed E-state index contributed by atoms with van der Waals surface area (Å²) in [6.45, 7) is 0. The second-order valence-corrected chi connectivity index (χ2v) is 7.06. The number of rotatable bonds is 4. The molecule has 0 spiro atoms. The first-order chi connectivity index (χ1) is 14.0. The van der Waals surface area contributed by atoms with Crippen LogP contribution in [0.2, 0.25) is 5.02 Å². The molecule has 0 fully saturated rings. The van der Waals surface area contributed by atoms with Crippen LogP contribution in [0, 0.1) is 0 Å². The van der Waals surface area contributed by atoms with E-state index >= 15 is 0 Å². The number of hydrogen-bond donors (Lipinski definition) is 4. The molecule has 4 aromatic carbocycles. The minimum absolute atomic E-state index is 0.00813. The van der Waals surface area contributed by atoms with Crippen LogP contribution in [-0.4, -0.2) is 10.2 Å². The smallest absolute Gasteiger partial charge is 0.148 e. The van der Waals surface area contributed by atoms with Crippen molar-refractivity contribution >= 4 is 51.6 Å². The highest BCUT2D eigenvalue weighted by Gasteiger charge is 2.17. The van der Waals surface area contributed by atoms with Gasteiger partial charge in [0.1, 0.15) is 22.2 Å². The molecule has 4 aromatic rings.